The summed E-state index contributed by atoms with van der Waals surface area (Å²) in [5.41, 5.74) is 2.55. The normalized spacial score (nSPS) is 12.7. The van der Waals surface area contributed by atoms with Crippen molar-refractivity contribution in [2.45, 2.75) is 40.2 Å². The van der Waals surface area contributed by atoms with E-state index in [1.54, 1.807) is 14.2 Å². The van der Waals surface area contributed by atoms with E-state index in [9.17, 15) is 0 Å². The zero-order chi connectivity index (χ0) is 16.0. The molecular weight excluding hydrogens is 262 g/mol. The van der Waals surface area contributed by atoms with Crippen LogP contribution in [0.2, 0.25) is 0 Å². The summed E-state index contributed by atoms with van der Waals surface area (Å²) in [6.07, 6.45) is 2.21. The molecule has 0 bridgehead atoms. The predicted octanol–water partition coefficient (Wildman–Crippen LogP) is 4.13. The summed E-state index contributed by atoms with van der Waals surface area (Å²) < 4.78 is 10.7. The van der Waals surface area contributed by atoms with E-state index >= 15 is 0 Å². The minimum absolute atomic E-state index is 0.109. The Labute approximate surface area is 129 Å². The van der Waals surface area contributed by atoms with Crippen LogP contribution in [0.25, 0.3) is 6.08 Å². The van der Waals surface area contributed by atoms with Crippen molar-refractivity contribution in [3.8, 4) is 11.5 Å². The van der Waals surface area contributed by atoms with Crippen molar-refractivity contribution in [1.29, 1.82) is 0 Å². The summed E-state index contributed by atoms with van der Waals surface area (Å²) in [6, 6.07) is 5.92. The molecule has 0 amide bonds. The third-order valence-corrected chi connectivity index (χ3v) is 3.35. The number of rotatable bonds is 6. The topological polar surface area (TPSA) is 30.5 Å². The lowest BCUT2D eigenvalue weighted by Gasteiger charge is -2.23. The van der Waals surface area contributed by atoms with Crippen molar-refractivity contribution in [3.63, 3.8) is 0 Å². The van der Waals surface area contributed by atoms with Gasteiger partial charge in [-0.1, -0.05) is 25.5 Å². The molecule has 3 nitrogen and oxygen atoms in total. The van der Waals surface area contributed by atoms with Gasteiger partial charge >= 0.3 is 0 Å². The number of hydrogen-bond acceptors (Lipinski definition) is 3. The average molecular weight is 291 g/mol. The molecule has 0 aliphatic rings. The summed E-state index contributed by atoms with van der Waals surface area (Å²) >= 11 is 0. The fraction of sp³-hybridized carbons (Fsp3) is 0.556. The van der Waals surface area contributed by atoms with E-state index in [-0.39, 0.29) is 5.54 Å². The van der Waals surface area contributed by atoms with Gasteiger partial charge in [0.25, 0.3) is 0 Å². The Hall–Kier alpha value is -1.48. The van der Waals surface area contributed by atoms with Crippen molar-refractivity contribution >= 4 is 6.08 Å². The maximum atomic E-state index is 5.47. The summed E-state index contributed by atoms with van der Waals surface area (Å²) in [4.78, 5) is 0. The first-order valence-corrected chi connectivity index (χ1v) is 7.44. The minimum Gasteiger partial charge on any atom is -0.497 e. The van der Waals surface area contributed by atoms with Gasteiger partial charge in [-0.2, -0.15) is 0 Å². The molecule has 3 heteroatoms. The Kier molecular flexibility index (Phi) is 6.28. The average Bonchev–Trinajstić information content (AvgIpc) is 2.42. The van der Waals surface area contributed by atoms with Crippen LogP contribution >= 0.6 is 0 Å². The standard InChI is InChI=1S/C18H29NO2/c1-13(2)15(12-19-18(3,4)5)10-14-8-9-16(20-6)11-17(14)21-7/h8-11,13,19H,12H2,1-7H3. The highest BCUT2D eigenvalue weighted by Crippen LogP contribution is 2.27. The molecule has 0 radical (unpaired) electrons. The zero-order valence-electron chi connectivity index (χ0n) is 14.4. The van der Waals surface area contributed by atoms with Crippen LogP contribution in [0.1, 0.15) is 40.2 Å². The molecule has 0 atom stereocenters. The molecule has 0 unspecified atom stereocenters. The molecular formula is C18H29NO2. The maximum Gasteiger partial charge on any atom is 0.129 e. The smallest absolute Gasteiger partial charge is 0.129 e. The molecule has 1 aromatic rings. The highest BCUT2D eigenvalue weighted by atomic mass is 16.5. The predicted molar refractivity (Wildman–Crippen MR) is 90.1 cm³/mol. The van der Waals surface area contributed by atoms with Gasteiger partial charge in [0.05, 0.1) is 14.2 Å². The van der Waals surface area contributed by atoms with E-state index in [1.807, 2.05) is 18.2 Å². The molecule has 1 N–H and O–H groups in total. The van der Waals surface area contributed by atoms with E-state index in [0.717, 1.165) is 23.6 Å². The number of benzene rings is 1. The van der Waals surface area contributed by atoms with Gasteiger partial charge in [0.15, 0.2) is 0 Å². The molecule has 21 heavy (non-hydrogen) atoms. The van der Waals surface area contributed by atoms with E-state index in [0.29, 0.717) is 5.92 Å². The zero-order valence-corrected chi connectivity index (χ0v) is 14.4. The summed E-state index contributed by atoms with van der Waals surface area (Å²) in [5.74, 6) is 2.12. The minimum atomic E-state index is 0.109. The van der Waals surface area contributed by atoms with Crippen LogP contribution in [0.5, 0.6) is 11.5 Å². The lowest BCUT2D eigenvalue weighted by atomic mass is 9.98. The summed E-state index contributed by atoms with van der Waals surface area (Å²) in [6.45, 7) is 11.8. The molecule has 0 spiro atoms. The molecule has 0 fully saturated rings. The van der Waals surface area contributed by atoms with E-state index < -0.39 is 0 Å². The van der Waals surface area contributed by atoms with Gasteiger partial charge in [-0.15, -0.1) is 0 Å². The SMILES string of the molecule is COc1ccc(C=C(CNC(C)(C)C)C(C)C)c(OC)c1. The van der Waals surface area contributed by atoms with Gasteiger partial charge < -0.3 is 14.8 Å². The van der Waals surface area contributed by atoms with E-state index in [2.05, 4.69) is 46.0 Å². The van der Waals surface area contributed by atoms with E-state index in [1.165, 1.54) is 5.57 Å². The van der Waals surface area contributed by atoms with Gasteiger partial charge in [-0.3, -0.25) is 0 Å². The summed E-state index contributed by atoms with van der Waals surface area (Å²) in [7, 11) is 3.35. The van der Waals surface area contributed by atoms with Crippen molar-refractivity contribution in [1.82, 2.24) is 5.32 Å². The van der Waals surface area contributed by atoms with Crippen LogP contribution < -0.4 is 14.8 Å². The second-order valence-corrected chi connectivity index (χ2v) is 6.59. The molecule has 0 aromatic heterocycles. The third kappa shape index (κ3) is 5.80. The largest absolute Gasteiger partial charge is 0.497 e. The van der Waals surface area contributed by atoms with Crippen molar-refractivity contribution in [2.75, 3.05) is 20.8 Å². The molecule has 0 heterocycles. The van der Waals surface area contributed by atoms with E-state index in [4.69, 9.17) is 9.47 Å². The Morgan fingerprint density at radius 2 is 1.86 bits per heavy atom. The number of nitrogens with one attached hydrogen (secondary N) is 1. The lowest BCUT2D eigenvalue weighted by Crippen LogP contribution is -2.37. The quantitative estimate of drug-likeness (QED) is 0.855. The fourth-order valence-electron chi connectivity index (χ4n) is 1.93. The van der Waals surface area contributed by atoms with Crippen LogP contribution in [0, 0.1) is 5.92 Å². The lowest BCUT2D eigenvalue weighted by molar-refractivity contribution is 0.393. The Bertz CT molecular complexity index is 484. The number of hydrogen-bond donors (Lipinski definition) is 1. The maximum absolute atomic E-state index is 5.47. The Morgan fingerprint density at radius 1 is 1.19 bits per heavy atom. The highest BCUT2D eigenvalue weighted by Gasteiger charge is 2.12. The van der Waals surface area contributed by atoms with Crippen LogP contribution in [0.3, 0.4) is 0 Å². The Morgan fingerprint density at radius 3 is 2.33 bits per heavy atom. The molecule has 118 valence electrons. The number of ether oxygens (including phenoxy) is 2. The van der Waals surface area contributed by atoms with Gasteiger partial charge in [0.2, 0.25) is 0 Å². The van der Waals surface area contributed by atoms with Gasteiger partial charge in [-0.05, 0) is 38.8 Å². The van der Waals surface area contributed by atoms with Crippen LogP contribution in [0.15, 0.2) is 23.8 Å². The van der Waals surface area contributed by atoms with Gasteiger partial charge in [0, 0.05) is 23.7 Å². The molecule has 0 saturated carbocycles. The first-order valence-electron chi connectivity index (χ1n) is 7.44. The van der Waals surface area contributed by atoms with Gasteiger partial charge in [-0.25, -0.2) is 0 Å². The Balaban J connectivity index is 3.05. The molecule has 1 rings (SSSR count). The fourth-order valence-corrected chi connectivity index (χ4v) is 1.93. The molecule has 0 saturated heterocycles. The molecule has 1 aromatic carbocycles. The van der Waals surface area contributed by atoms with Crippen molar-refractivity contribution in [3.05, 3.63) is 29.3 Å². The summed E-state index contributed by atoms with van der Waals surface area (Å²) in [5, 5.41) is 3.55. The van der Waals surface area contributed by atoms with Crippen LogP contribution in [0.4, 0.5) is 0 Å². The van der Waals surface area contributed by atoms with Crippen molar-refractivity contribution < 1.29 is 9.47 Å². The molecule has 0 aliphatic heterocycles. The van der Waals surface area contributed by atoms with Crippen LogP contribution in [-0.2, 0) is 0 Å². The first kappa shape index (κ1) is 17.6. The number of methoxy groups -OCH3 is 2. The second-order valence-electron chi connectivity index (χ2n) is 6.59. The van der Waals surface area contributed by atoms with Gasteiger partial charge in [0.1, 0.15) is 11.5 Å². The molecule has 0 aliphatic carbocycles. The monoisotopic (exact) mass is 291 g/mol. The highest BCUT2D eigenvalue weighted by molar-refractivity contribution is 5.62. The second kappa shape index (κ2) is 7.51. The van der Waals surface area contributed by atoms with Crippen molar-refractivity contribution in [2.24, 2.45) is 5.92 Å². The first-order chi connectivity index (χ1) is 9.76. The third-order valence-electron chi connectivity index (χ3n) is 3.35. The van der Waals surface area contributed by atoms with Crippen LogP contribution in [-0.4, -0.2) is 26.3 Å².